The topological polar surface area (TPSA) is 46.2 Å². The Balaban J connectivity index is 1.26. The van der Waals surface area contributed by atoms with E-state index in [1.807, 2.05) is 6.92 Å². The van der Waals surface area contributed by atoms with Crippen LogP contribution in [0.4, 0.5) is 0 Å². The van der Waals surface area contributed by atoms with Crippen molar-refractivity contribution in [3.05, 3.63) is 48.0 Å². The highest BCUT2D eigenvalue weighted by Gasteiger charge is 2.69. The number of fused-ring (bicyclic) bond motifs is 3. The zero-order valence-corrected chi connectivity index (χ0v) is 18.6. The molecule has 2 bridgehead atoms. The Morgan fingerprint density at radius 1 is 0.968 bits per heavy atom. The molecule has 1 spiro atoms. The molecule has 31 heavy (non-hydrogen) atoms. The summed E-state index contributed by atoms with van der Waals surface area (Å²) in [5.74, 6) is 0.681. The summed E-state index contributed by atoms with van der Waals surface area (Å²) in [4.78, 5) is 12.1. The number of ether oxygens (including phenoxy) is 3. The minimum atomic E-state index is -0.749. The first-order chi connectivity index (χ1) is 15.0. The van der Waals surface area contributed by atoms with E-state index in [1.165, 1.54) is 17.2 Å². The monoisotopic (exact) mass is 424 g/mol. The molecule has 5 aliphatic rings. The number of benzene rings is 2. The van der Waals surface area contributed by atoms with Crippen LogP contribution in [-0.2, 0) is 30.6 Å². The molecule has 2 aromatic carbocycles. The van der Waals surface area contributed by atoms with Crippen LogP contribution in [0.3, 0.4) is 0 Å². The average Bonchev–Trinajstić information content (AvgIpc) is 3.01. The molecule has 0 unspecified atom stereocenters. The van der Waals surface area contributed by atoms with E-state index in [4.69, 9.17) is 24.0 Å². The molecular formula is C26H32O5. The largest absolute Gasteiger partial charge is 0.348 e. The lowest BCUT2D eigenvalue weighted by atomic mass is 9.58. The SMILES string of the molecule is C[C@H]1[C@H](OCc2ccc3ccccc3c2)O[C@@H]2O[C@@]3(C)CC[C@H]4[C@H](C)CC[C@@H]1[C@@]24OO3. The minimum absolute atomic E-state index is 0.196. The Hall–Kier alpha value is -1.50. The van der Waals surface area contributed by atoms with Crippen LogP contribution in [0.15, 0.2) is 42.5 Å². The van der Waals surface area contributed by atoms with E-state index in [9.17, 15) is 0 Å². The standard InChI is InChI=1S/C26H32O5/c1-16-8-11-22-17(2)23(27-15-18-9-10-19-6-4-5-7-20(19)14-18)28-24-26(22)21(16)12-13-25(3,29-24)30-31-26/h4-7,9-10,14,16-17,21-24H,8,11-13,15H2,1-3H3/t16-,17-,21+,22+,23-,24-,25-,26-/m1/s1. The molecule has 0 N–H and O–H groups in total. The van der Waals surface area contributed by atoms with E-state index in [0.717, 1.165) is 24.8 Å². The molecule has 4 aliphatic heterocycles. The van der Waals surface area contributed by atoms with Gasteiger partial charge >= 0.3 is 0 Å². The van der Waals surface area contributed by atoms with Gasteiger partial charge in [0.2, 0.25) is 5.79 Å². The van der Waals surface area contributed by atoms with Crippen LogP contribution >= 0.6 is 0 Å². The Bertz CT molecular complexity index is 977. The molecule has 1 saturated carbocycles. The highest BCUT2D eigenvalue weighted by Crippen LogP contribution is 2.60. The predicted molar refractivity (Wildman–Crippen MR) is 116 cm³/mol. The van der Waals surface area contributed by atoms with Crippen molar-refractivity contribution in [3.8, 4) is 0 Å². The first-order valence-corrected chi connectivity index (χ1v) is 11.8. The number of hydrogen-bond donors (Lipinski definition) is 0. The molecule has 1 aliphatic carbocycles. The third-order valence-corrected chi connectivity index (χ3v) is 8.33. The molecule has 4 heterocycles. The second-order valence-corrected chi connectivity index (χ2v) is 10.3. The van der Waals surface area contributed by atoms with Crippen molar-refractivity contribution in [2.45, 2.75) is 77.0 Å². The van der Waals surface area contributed by atoms with Crippen LogP contribution in [-0.4, -0.2) is 24.0 Å². The summed E-state index contributed by atoms with van der Waals surface area (Å²) in [6, 6.07) is 14.9. The van der Waals surface area contributed by atoms with Gasteiger partial charge in [0.15, 0.2) is 18.2 Å². The first-order valence-electron chi connectivity index (χ1n) is 11.8. The quantitative estimate of drug-likeness (QED) is 0.603. The van der Waals surface area contributed by atoms with E-state index in [-0.39, 0.29) is 18.1 Å². The predicted octanol–water partition coefficient (Wildman–Crippen LogP) is 5.56. The van der Waals surface area contributed by atoms with Crippen LogP contribution in [0.5, 0.6) is 0 Å². The summed E-state index contributed by atoms with van der Waals surface area (Å²) >= 11 is 0. The van der Waals surface area contributed by atoms with Gasteiger partial charge in [0.25, 0.3) is 0 Å². The molecule has 8 atom stereocenters. The van der Waals surface area contributed by atoms with Crippen LogP contribution in [0.1, 0.15) is 52.0 Å². The molecule has 0 radical (unpaired) electrons. The minimum Gasteiger partial charge on any atom is -0.348 e. The van der Waals surface area contributed by atoms with E-state index in [2.05, 4.69) is 56.3 Å². The number of hydrogen-bond acceptors (Lipinski definition) is 5. The van der Waals surface area contributed by atoms with Gasteiger partial charge in [-0.3, -0.25) is 0 Å². The zero-order chi connectivity index (χ0) is 21.2. The second-order valence-electron chi connectivity index (χ2n) is 10.3. The van der Waals surface area contributed by atoms with Crippen molar-refractivity contribution in [3.63, 3.8) is 0 Å². The van der Waals surface area contributed by atoms with Crippen LogP contribution in [0.2, 0.25) is 0 Å². The van der Waals surface area contributed by atoms with Crippen molar-refractivity contribution in [1.29, 1.82) is 0 Å². The smallest absolute Gasteiger partial charge is 0.201 e. The molecular weight excluding hydrogens is 392 g/mol. The fraction of sp³-hybridized carbons (Fsp3) is 0.615. The van der Waals surface area contributed by atoms with E-state index in [0.29, 0.717) is 18.4 Å². The maximum atomic E-state index is 6.52. The van der Waals surface area contributed by atoms with Gasteiger partial charge in [-0.1, -0.05) is 50.2 Å². The summed E-state index contributed by atoms with van der Waals surface area (Å²) in [6.07, 6.45) is 3.37. The fourth-order valence-electron chi connectivity index (χ4n) is 6.57. The average molecular weight is 425 g/mol. The Morgan fingerprint density at radius 3 is 2.68 bits per heavy atom. The fourth-order valence-corrected chi connectivity index (χ4v) is 6.57. The molecule has 5 nitrogen and oxygen atoms in total. The molecule has 0 aromatic heterocycles. The van der Waals surface area contributed by atoms with Crippen molar-refractivity contribution in [2.24, 2.45) is 23.7 Å². The van der Waals surface area contributed by atoms with Gasteiger partial charge in [-0.05, 0) is 60.4 Å². The summed E-state index contributed by atoms with van der Waals surface area (Å²) in [6.45, 7) is 7.05. The maximum Gasteiger partial charge on any atom is 0.201 e. The van der Waals surface area contributed by atoms with Crippen molar-refractivity contribution >= 4 is 10.8 Å². The highest BCUT2D eigenvalue weighted by molar-refractivity contribution is 5.82. The van der Waals surface area contributed by atoms with E-state index >= 15 is 0 Å². The van der Waals surface area contributed by atoms with Gasteiger partial charge in [-0.25, -0.2) is 9.78 Å². The molecule has 7 rings (SSSR count). The van der Waals surface area contributed by atoms with Gasteiger partial charge in [0.05, 0.1) is 6.61 Å². The Labute approximate surface area is 183 Å². The van der Waals surface area contributed by atoms with Crippen molar-refractivity contribution in [2.75, 3.05) is 0 Å². The zero-order valence-electron chi connectivity index (χ0n) is 18.6. The molecule has 2 aromatic rings. The summed E-state index contributed by atoms with van der Waals surface area (Å²) in [5, 5.41) is 2.47. The third kappa shape index (κ3) is 3.09. The van der Waals surface area contributed by atoms with Gasteiger partial charge in [0.1, 0.15) is 0 Å². The molecule has 5 heteroatoms. The maximum absolute atomic E-state index is 6.52. The van der Waals surface area contributed by atoms with Crippen LogP contribution in [0.25, 0.3) is 10.8 Å². The van der Waals surface area contributed by atoms with E-state index in [1.54, 1.807) is 0 Å². The lowest BCUT2D eigenvalue weighted by Crippen LogP contribution is -2.70. The lowest BCUT2D eigenvalue weighted by Gasteiger charge is -2.60. The van der Waals surface area contributed by atoms with Gasteiger partial charge in [-0.15, -0.1) is 0 Å². The van der Waals surface area contributed by atoms with Crippen molar-refractivity contribution in [1.82, 2.24) is 0 Å². The molecule has 4 saturated heterocycles. The highest BCUT2D eigenvalue weighted by atomic mass is 17.3. The summed E-state index contributed by atoms with van der Waals surface area (Å²) in [5.41, 5.74) is 0.621. The number of rotatable bonds is 3. The first kappa shape index (κ1) is 20.1. The Morgan fingerprint density at radius 2 is 1.81 bits per heavy atom. The normalized spacial score (nSPS) is 44.1. The van der Waals surface area contributed by atoms with Crippen LogP contribution in [0, 0.1) is 23.7 Å². The summed E-state index contributed by atoms with van der Waals surface area (Å²) in [7, 11) is 0. The second kappa shape index (κ2) is 7.26. The summed E-state index contributed by atoms with van der Waals surface area (Å²) < 4.78 is 19.3. The Kier molecular flexibility index (Phi) is 4.71. The van der Waals surface area contributed by atoms with E-state index < -0.39 is 17.7 Å². The van der Waals surface area contributed by atoms with Gasteiger partial charge in [0, 0.05) is 18.3 Å². The molecule has 0 amide bonds. The third-order valence-electron chi connectivity index (χ3n) is 8.33. The molecule has 5 fully saturated rings. The lowest BCUT2D eigenvalue weighted by molar-refractivity contribution is -0.577. The van der Waals surface area contributed by atoms with Gasteiger partial charge < -0.3 is 14.2 Å². The van der Waals surface area contributed by atoms with Crippen molar-refractivity contribution < 1.29 is 24.0 Å². The van der Waals surface area contributed by atoms with Gasteiger partial charge in [-0.2, -0.15) is 0 Å². The molecule has 166 valence electrons. The van der Waals surface area contributed by atoms with Crippen LogP contribution < -0.4 is 0 Å².